The minimum Gasteiger partial charge on any atom is -0.491 e. The second-order valence-electron chi connectivity index (χ2n) is 19.1. The van der Waals surface area contributed by atoms with Crippen LogP contribution in [0.5, 0.6) is 5.75 Å². The first-order chi connectivity index (χ1) is 33.9. The van der Waals surface area contributed by atoms with Crippen molar-refractivity contribution >= 4 is 63.7 Å². The number of thiocarbonyl (C=S) groups is 1. The normalized spacial score (nSPS) is 18.2. The van der Waals surface area contributed by atoms with Gasteiger partial charge < -0.3 is 44.5 Å². The molecule has 3 unspecified atom stereocenters. The number of likely N-dealkylation sites (tertiary alicyclic amines) is 1. The zero-order chi connectivity index (χ0) is 52.7. The summed E-state index contributed by atoms with van der Waals surface area (Å²) >= 11 is 7.18. The Morgan fingerprint density at radius 1 is 0.972 bits per heavy atom. The highest BCUT2D eigenvalue weighted by Crippen LogP contribution is 2.40. The molecule has 2 fully saturated rings. The van der Waals surface area contributed by atoms with E-state index < -0.39 is 70.1 Å². The summed E-state index contributed by atoms with van der Waals surface area (Å²) < 4.78 is 64.4. The number of aliphatic hydroxyl groups excluding tert-OH is 1. The number of aromatic nitrogens is 1. The van der Waals surface area contributed by atoms with Crippen molar-refractivity contribution in [3.63, 3.8) is 0 Å². The zero-order valence-corrected chi connectivity index (χ0v) is 43.0. The van der Waals surface area contributed by atoms with E-state index in [9.17, 15) is 42.7 Å². The van der Waals surface area contributed by atoms with Gasteiger partial charge in [0.05, 0.1) is 77.1 Å². The van der Waals surface area contributed by atoms with Gasteiger partial charge in [0.2, 0.25) is 17.7 Å². The van der Waals surface area contributed by atoms with Crippen molar-refractivity contribution in [3.05, 3.63) is 94.6 Å². The molecule has 16 nitrogen and oxygen atoms in total. The lowest BCUT2D eigenvalue weighted by molar-refractivity contribution is -0.144. The fourth-order valence-corrected chi connectivity index (χ4v) is 9.59. The van der Waals surface area contributed by atoms with Gasteiger partial charge in [-0.05, 0) is 106 Å². The summed E-state index contributed by atoms with van der Waals surface area (Å²) in [4.78, 5) is 63.4. The molecule has 0 saturated carbocycles. The number of nitrogens with zero attached hydrogens (tertiary/aromatic N) is 5. The second-order valence-corrected chi connectivity index (χ2v) is 20.4. The molecule has 0 aliphatic carbocycles. The molecule has 0 bridgehead atoms. The lowest BCUT2D eigenvalue weighted by Crippen LogP contribution is -2.58. The average molecular weight is 1040 g/mol. The highest BCUT2D eigenvalue weighted by atomic mass is 32.1. The van der Waals surface area contributed by atoms with E-state index in [4.69, 9.17) is 31.2 Å². The van der Waals surface area contributed by atoms with Crippen LogP contribution in [0.25, 0.3) is 10.4 Å². The van der Waals surface area contributed by atoms with Crippen molar-refractivity contribution in [2.45, 2.75) is 110 Å². The molecule has 2 aliphatic rings. The molecule has 3 aromatic carbocycles. The van der Waals surface area contributed by atoms with E-state index in [1.54, 1.807) is 86.7 Å². The van der Waals surface area contributed by atoms with E-state index in [1.165, 1.54) is 11.0 Å². The lowest BCUT2D eigenvalue weighted by Gasteiger charge is -2.35. The molecule has 0 spiro atoms. The number of benzene rings is 3. The van der Waals surface area contributed by atoms with E-state index >= 15 is 0 Å². The van der Waals surface area contributed by atoms with Crippen molar-refractivity contribution in [1.29, 1.82) is 5.26 Å². The molecule has 2 aliphatic heterocycles. The number of carbonyl (C=O) groups is 4. The molecule has 3 N–H and O–H groups in total. The number of anilines is 2. The number of nitrogens with one attached hydrogen (secondary N) is 2. The minimum atomic E-state index is -4.81. The molecule has 0 radical (unpaired) electrons. The Kier molecular flexibility index (Phi) is 17.8. The summed E-state index contributed by atoms with van der Waals surface area (Å²) in [6, 6.07) is 17.1. The SMILES string of the molecule is Cc1ncsc1-c1ccc(CNC(=O)[C@@H]2C[C@@H](O)CN2C(=O)C(NC(=O)COCCOC(C)C(C)OCCOc2ccc(N3C(=S)N(c4ccc(C#N)c(C(F)(F)F)c4)C(=O)C3(C)C)cc2)C(C)(C)C)cc1. The van der Waals surface area contributed by atoms with Crippen LogP contribution in [0.4, 0.5) is 24.5 Å². The van der Waals surface area contributed by atoms with Gasteiger partial charge in [-0.15, -0.1) is 11.3 Å². The third kappa shape index (κ3) is 13.1. The number of alkyl halides is 3. The maximum absolute atomic E-state index is 14.0. The van der Waals surface area contributed by atoms with Gasteiger partial charge in [-0.3, -0.25) is 24.1 Å². The summed E-state index contributed by atoms with van der Waals surface area (Å²) in [5, 5.41) is 25.4. The predicted octanol–water partition coefficient (Wildman–Crippen LogP) is 6.94. The Bertz CT molecular complexity index is 2630. The van der Waals surface area contributed by atoms with E-state index in [1.807, 2.05) is 45.0 Å². The first-order valence-corrected chi connectivity index (χ1v) is 24.6. The maximum atomic E-state index is 14.0. The number of aliphatic hydroxyl groups is 1. The van der Waals surface area contributed by atoms with Crippen LogP contribution >= 0.6 is 23.6 Å². The Morgan fingerprint density at radius 3 is 2.21 bits per heavy atom. The molecular formula is C51H60F3N7O9S2. The first-order valence-electron chi connectivity index (χ1n) is 23.3. The van der Waals surface area contributed by atoms with Crippen LogP contribution in [0.1, 0.15) is 77.3 Å². The van der Waals surface area contributed by atoms with Gasteiger partial charge in [0, 0.05) is 25.2 Å². The van der Waals surface area contributed by atoms with Crippen molar-refractivity contribution < 1.29 is 56.4 Å². The fourth-order valence-electron chi connectivity index (χ4n) is 8.26. The first kappa shape index (κ1) is 55.3. The van der Waals surface area contributed by atoms with Crippen molar-refractivity contribution in [2.75, 3.05) is 49.4 Å². The zero-order valence-electron chi connectivity index (χ0n) is 41.4. The Hall–Kier alpha value is -6.02. The number of carbonyl (C=O) groups excluding carboxylic acids is 4. The van der Waals surface area contributed by atoms with E-state index in [0.29, 0.717) is 11.4 Å². The molecule has 5 atom stereocenters. The summed E-state index contributed by atoms with van der Waals surface area (Å²) in [5.74, 6) is -1.46. The van der Waals surface area contributed by atoms with Crippen LogP contribution in [0.15, 0.2) is 72.2 Å². The lowest BCUT2D eigenvalue weighted by atomic mass is 9.85. The Morgan fingerprint density at radius 2 is 1.61 bits per heavy atom. The topological polar surface area (TPSA) is 196 Å². The molecule has 3 heterocycles. The van der Waals surface area contributed by atoms with Gasteiger partial charge >= 0.3 is 6.18 Å². The van der Waals surface area contributed by atoms with Gasteiger partial charge in [-0.25, -0.2) is 4.98 Å². The van der Waals surface area contributed by atoms with Crippen LogP contribution in [-0.2, 0) is 46.1 Å². The molecule has 72 heavy (non-hydrogen) atoms. The van der Waals surface area contributed by atoms with Gasteiger partial charge in [0.1, 0.15) is 36.6 Å². The van der Waals surface area contributed by atoms with Gasteiger partial charge in [0.15, 0.2) is 5.11 Å². The van der Waals surface area contributed by atoms with Crippen molar-refractivity contribution in [1.82, 2.24) is 20.5 Å². The quantitative estimate of drug-likeness (QED) is 0.0609. The number of nitriles is 1. The molecule has 6 rings (SSSR count). The second kappa shape index (κ2) is 23.2. The summed E-state index contributed by atoms with van der Waals surface area (Å²) in [6.07, 6.45) is -6.36. The fraction of sp³-hybridized carbons (Fsp3) is 0.471. The highest BCUT2D eigenvalue weighted by molar-refractivity contribution is 7.81. The molecule has 2 saturated heterocycles. The largest absolute Gasteiger partial charge is 0.491 e. The molecule has 4 aromatic rings. The number of amides is 4. The Balaban J connectivity index is 0.898. The molecule has 4 amide bonds. The van der Waals surface area contributed by atoms with Crippen molar-refractivity contribution in [3.8, 4) is 22.3 Å². The standard InChI is InChI=1S/C51H60F3N7O9S2/c1-30-43(72-29-57-30)34-11-9-33(10-12-34)26-56-45(64)41-24-38(62)27-59(41)46(65)44(49(4,5)6)58-42(63)28-67-19-20-68-31(2)32(3)69-21-22-70-39-17-15-36(16-18-39)61-48(71)60(47(66)50(61,7)8)37-14-13-35(25-55)40(23-37)51(52,53)54/h9-18,23,29,31-32,38,41,44,62H,19-22,24,26-28H2,1-8H3,(H,56,64)(H,58,63)/t31?,32?,38-,41+,44?/m1/s1. The summed E-state index contributed by atoms with van der Waals surface area (Å²) in [6.45, 7) is 14.7. The van der Waals surface area contributed by atoms with Crippen LogP contribution in [-0.4, -0.2) is 119 Å². The third-order valence-corrected chi connectivity index (χ3v) is 13.7. The summed E-state index contributed by atoms with van der Waals surface area (Å²) in [7, 11) is 0. The van der Waals surface area contributed by atoms with Crippen LogP contribution in [0, 0.1) is 23.7 Å². The monoisotopic (exact) mass is 1040 g/mol. The number of hydrogen-bond acceptors (Lipinski definition) is 13. The van der Waals surface area contributed by atoms with Crippen LogP contribution in [0.2, 0.25) is 0 Å². The number of β-amino-alcohol motifs (C(OH)–C–C–N with tert-alkyl or cyclic N) is 1. The number of aryl methyl sites for hydroxylation is 1. The number of thiazole rings is 1. The molecule has 386 valence electrons. The minimum absolute atomic E-state index is 0.0265. The van der Waals surface area contributed by atoms with E-state index in [0.717, 1.165) is 38.7 Å². The van der Waals surface area contributed by atoms with Gasteiger partial charge in [0.25, 0.3) is 5.91 Å². The van der Waals surface area contributed by atoms with Crippen LogP contribution < -0.4 is 25.2 Å². The van der Waals surface area contributed by atoms with E-state index in [-0.39, 0.29) is 75.6 Å². The number of rotatable bonds is 20. The van der Waals surface area contributed by atoms with Crippen LogP contribution in [0.3, 0.4) is 0 Å². The number of halogens is 3. The van der Waals surface area contributed by atoms with E-state index in [2.05, 4.69) is 15.6 Å². The molecular weight excluding hydrogens is 976 g/mol. The predicted molar refractivity (Wildman–Crippen MR) is 268 cm³/mol. The molecule has 1 aromatic heterocycles. The Labute approximate surface area is 426 Å². The van der Waals surface area contributed by atoms with Crippen molar-refractivity contribution in [2.24, 2.45) is 5.41 Å². The smallest absolute Gasteiger partial charge is 0.417 e. The van der Waals surface area contributed by atoms with Gasteiger partial charge in [-0.2, -0.15) is 18.4 Å². The third-order valence-electron chi connectivity index (χ3n) is 12.4. The molecule has 21 heteroatoms. The summed E-state index contributed by atoms with van der Waals surface area (Å²) in [5.41, 5.74) is 1.32. The highest BCUT2D eigenvalue weighted by Gasteiger charge is 2.51. The van der Waals surface area contributed by atoms with Gasteiger partial charge in [-0.1, -0.05) is 45.0 Å². The average Bonchev–Trinajstić information content (AvgIpc) is 4.00. The number of hydrogen-bond donors (Lipinski definition) is 3. The maximum Gasteiger partial charge on any atom is 0.417 e. The number of ether oxygens (including phenoxy) is 4.